The zero-order valence-corrected chi connectivity index (χ0v) is 26.5. The van der Waals surface area contributed by atoms with Gasteiger partial charge < -0.3 is 20.3 Å². The van der Waals surface area contributed by atoms with Crippen molar-refractivity contribution in [1.82, 2.24) is 25.4 Å². The van der Waals surface area contributed by atoms with Crippen molar-refractivity contribution in [1.29, 1.82) is 0 Å². The van der Waals surface area contributed by atoms with Gasteiger partial charge in [0.1, 0.15) is 12.1 Å². The Hall–Kier alpha value is -4.45. The number of allylic oxidation sites excluding steroid dienone is 1. The van der Waals surface area contributed by atoms with Gasteiger partial charge in [-0.3, -0.25) is 0 Å². The number of alkyl halides is 3. The Morgan fingerprint density at radius 3 is 2.40 bits per heavy atom. The van der Waals surface area contributed by atoms with Crippen LogP contribution in [0.3, 0.4) is 0 Å². The van der Waals surface area contributed by atoms with Crippen LogP contribution in [0, 0.1) is 6.92 Å². The predicted octanol–water partition coefficient (Wildman–Crippen LogP) is 8.03. The van der Waals surface area contributed by atoms with Gasteiger partial charge in [-0.05, 0) is 86.5 Å². The number of carbonyl (C=O) groups excluding carboxylic acids is 1. The molecule has 2 amide bonds. The van der Waals surface area contributed by atoms with E-state index >= 15 is 0 Å². The smallest absolute Gasteiger partial charge is 0.406 e. The van der Waals surface area contributed by atoms with Crippen LogP contribution in [0.5, 0.6) is 5.75 Å². The van der Waals surface area contributed by atoms with Gasteiger partial charge in [0.05, 0.1) is 11.2 Å². The molecule has 8 nitrogen and oxygen atoms in total. The standard InChI is InChI=1S/C33H35F3N6O2S/c1-6-7-23-9-8-21(2)18-28(23)42-22(3)19-45-31(42)38-30(43)39-32(4,5)25-12-10-24(11-13-25)29-37-20-41(40-29)26-14-16-27(17-15-26)44-33(34,35)36/h8-20,31H,6-7H2,1-5H3,(H2,38,39,43). The number of hydrogen-bond acceptors (Lipinski definition) is 6. The summed E-state index contributed by atoms with van der Waals surface area (Å²) in [6, 6.07) is 19.1. The first kappa shape index (κ1) is 32.0. The summed E-state index contributed by atoms with van der Waals surface area (Å²) in [6.07, 6.45) is -1.28. The minimum absolute atomic E-state index is 0.282. The maximum absolute atomic E-state index is 13.3. The topological polar surface area (TPSA) is 84.3 Å². The maximum atomic E-state index is 13.3. The molecule has 0 radical (unpaired) electrons. The lowest BCUT2D eigenvalue weighted by Crippen LogP contribution is -2.52. The number of carbonyl (C=O) groups is 1. The zero-order valence-electron chi connectivity index (χ0n) is 25.6. The van der Waals surface area contributed by atoms with Crippen molar-refractivity contribution < 1.29 is 22.7 Å². The number of thioether (sulfide) groups is 1. The van der Waals surface area contributed by atoms with E-state index in [9.17, 15) is 18.0 Å². The molecule has 1 aliphatic heterocycles. The molecule has 0 saturated heterocycles. The lowest BCUT2D eigenvalue weighted by molar-refractivity contribution is -0.274. The molecule has 4 aromatic rings. The minimum atomic E-state index is -4.76. The second-order valence-electron chi connectivity index (χ2n) is 11.4. The van der Waals surface area contributed by atoms with E-state index in [1.54, 1.807) is 11.8 Å². The van der Waals surface area contributed by atoms with Gasteiger partial charge in [0.2, 0.25) is 0 Å². The number of rotatable bonds is 9. The molecule has 1 aliphatic rings. The van der Waals surface area contributed by atoms with Crippen molar-refractivity contribution in [3.05, 3.63) is 101 Å². The molecule has 1 unspecified atom stereocenters. The predicted molar refractivity (Wildman–Crippen MR) is 171 cm³/mol. The lowest BCUT2D eigenvalue weighted by Gasteiger charge is -2.33. The third kappa shape index (κ3) is 7.62. The molecule has 12 heteroatoms. The molecule has 2 heterocycles. The summed E-state index contributed by atoms with van der Waals surface area (Å²) in [5, 5.41) is 12.8. The molecular formula is C33H35F3N6O2S. The maximum Gasteiger partial charge on any atom is 0.573 e. The van der Waals surface area contributed by atoms with Gasteiger partial charge in [-0.25, -0.2) is 14.5 Å². The number of nitrogens with zero attached hydrogens (tertiary/aromatic N) is 4. The number of ether oxygens (including phenoxy) is 1. The van der Waals surface area contributed by atoms with Gasteiger partial charge in [-0.1, -0.05) is 61.5 Å². The van der Waals surface area contributed by atoms with E-state index in [1.165, 1.54) is 40.8 Å². The van der Waals surface area contributed by atoms with Gasteiger partial charge in [0.15, 0.2) is 11.3 Å². The Balaban J connectivity index is 1.24. The Bertz CT molecular complexity index is 1680. The number of nitrogens with one attached hydrogen (secondary N) is 2. The van der Waals surface area contributed by atoms with Gasteiger partial charge in [0.25, 0.3) is 0 Å². The zero-order chi connectivity index (χ0) is 32.4. The first-order valence-corrected chi connectivity index (χ1v) is 15.5. The monoisotopic (exact) mass is 636 g/mol. The van der Waals surface area contributed by atoms with Crippen LogP contribution >= 0.6 is 11.8 Å². The van der Waals surface area contributed by atoms with E-state index in [0.717, 1.165) is 40.9 Å². The van der Waals surface area contributed by atoms with E-state index in [1.807, 2.05) is 38.1 Å². The molecular weight excluding hydrogens is 601 g/mol. The molecule has 5 rings (SSSR count). The molecule has 1 aromatic heterocycles. The summed E-state index contributed by atoms with van der Waals surface area (Å²) < 4.78 is 42.8. The summed E-state index contributed by atoms with van der Waals surface area (Å²) in [4.78, 5) is 19.8. The average molecular weight is 637 g/mol. The number of benzene rings is 3. The second kappa shape index (κ2) is 12.9. The lowest BCUT2D eigenvalue weighted by atomic mass is 9.93. The minimum Gasteiger partial charge on any atom is -0.406 e. The summed E-state index contributed by atoms with van der Waals surface area (Å²) >= 11 is 1.56. The highest BCUT2D eigenvalue weighted by molar-refractivity contribution is 8.03. The van der Waals surface area contributed by atoms with E-state index < -0.39 is 11.9 Å². The van der Waals surface area contributed by atoms with E-state index in [0.29, 0.717) is 11.5 Å². The van der Waals surface area contributed by atoms with Gasteiger partial charge in [-0.2, -0.15) is 0 Å². The van der Waals surface area contributed by atoms with Gasteiger partial charge in [0, 0.05) is 16.9 Å². The van der Waals surface area contributed by atoms with Crippen LogP contribution in [-0.4, -0.2) is 32.7 Å². The number of aromatic nitrogens is 3. The number of amides is 2. The molecule has 0 fully saturated rings. The Labute approximate surface area is 264 Å². The third-order valence-corrected chi connectivity index (χ3v) is 8.44. The normalized spacial score (nSPS) is 15.2. The number of aryl methyl sites for hydroxylation is 2. The van der Waals surface area contributed by atoms with E-state index in [4.69, 9.17) is 0 Å². The summed E-state index contributed by atoms with van der Waals surface area (Å²) in [5.41, 5.74) is 5.79. The van der Waals surface area contributed by atoms with Crippen molar-refractivity contribution in [3.8, 4) is 22.8 Å². The van der Waals surface area contributed by atoms with Crippen LogP contribution < -0.4 is 20.3 Å². The average Bonchev–Trinajstić information content (AvgIpc) is 3.61. The first-order valence-electron chi connectivity index (χ1n) is 14.5. The van der Waals surface area contributed by atoms with Gasteiger partial charge >= 0.3 is 12.4 Å². The molecule has 236 valence electrons. The Morgan fingerprint density at radius 1 is 1.02 bits per heavy atom. The van der Waals surface area contributed by atoms with Crippen molar-refractivity contribution in [3.63, 3.8) is 0 Å². The summed E-state index contributed by atoms with van der Waals surface area (Å²) in [6.45, 7) is 10.2. The summed E-state index contributed by atoms with van der Waals surface area (Å²) in [7, 11) is 0. The van der Waals surface area contributed by atoms with Crippen molar-refractivity contribution in [2.24, 2.45) is 0 Å². The number of hydrogen-bond donors (Lipinski definition) is 2. The molecule has 45 heavy (non-hydrogen) atoms. The fraction of sp³-hybridized carbons (Fsp3) is 0.303. The van der Waals surface area contributed by atoms with Crippen LogP contribution in [0.1, 0.15) is 50.8 Å². The number of halogens is 3. The van der Waals surface area contributed by atoms with Crippen LogP contribution in [-0.2, 0) is 12.0 Å². The highest BCUT2D eigenvalue weighted by Crippen LogP contribution is 2.37. The molecule has 1 atom stereocenters. The summed E-state index contributed by atoms with van der Waals surface area (Å²) in [5.74, 6) is 0.131. The first-order chi connectivity index (χ1) is 21.3. The van der Waals surface area contributed by atoms with Crippen molar-refractivity contribution in [2.75, 3.05) is 4.90 Å². The van der Waals surface area contributed by atoms with Crippen LogP contribution in [0.2, 0.25) is 0 Å². The fourth-order valence-electron chi connectivity index (χ4n) is 5.12. The van der Waals surface area contributed by atoms with Crippen LogP contribution in [0.15, 0.2) is 84.2 Å². The van der Waals surface area contributed by atoms with Crippen LogP contribution in [0.4, 0.5) is 23.7 Å². The third-order valence-electron chi connectivity index (χ3n) is 7.37. The second-order valence-corrected chi connectivity index (χ2v) is 12.3. The molecule has 2 N–H and O–H groups in total. The SMILES string of the molecule is CCCc1ccc(C)cc1N1C(C)=CSC1NC(=O)NC(C)(C)c1ccc(-c2ncn(-c3ccc(OC(F)(F)F)cc3)n2)cc1. The molecule has 0 bridgehead atoms. The fourth-order valence-corrected chi connectivity index (χ4v) is 6.14. The highest BCUT2D eigenvalue weighted by Gasteiger charge is 2.32. The van der Waals surface area contributed by atoms with Crippen molar-refractivity contribution >= 4 is 23.5 Å². The van der Waals surface area contributed by atoms with Gasteiger partial charge in [-0.15, -0.1) is 18.3 Å². The van der Waals surface area contributed by atoms with E-state index in [-0.39, 0.29) is 17.3 Å². The van der Waals surface area contributed by atoms with E-state index in [2.05, 4.69) is 74.7 Å². The number of urea groups is 1. The Morgan fingerprint density at radius 2 is 1.73 bits per heavy atom. The molecule has 0 spiro atoms. The molecule has 3 aromatic carbocycles. The van der Waals surface area contributed by atoms with Crippen molar-refractivity contribution in [2.45, 2.75) is 64.9 Å². The molecule has 0 aliphatic carbocycles. The highest BCUT2D eigenvalue weighted by atomic mass is 32.2. The quantitative estimate of drug-likeness (QED) is 0.194. The number of anilines is 1. The van der Waals surface area contributed by atoms with Crippen LogP contribution in [0.25, 0.3) is 17.1 Å². The Kier molecular flexibility index (Phi) is 9.15. The largest absolute Gasteiger partial charge is 0.573 e. The molecule has 0 saturated carbocycles.